The number of hydrogen-bond acceptors (Lipinski definition) is 3. The number of allylic oxidation sites excluding steroid dienone is 1. The molecule has 0 aliphatic rings. The van der Waals surface area contributed by atoms with Crippen molar-refractivity contribution in [2.75, 3.05) is 20.8 Å². The van der Waals surface area contributed by atoms with Gasteiger partial charge >= 0.3 is 0 Å². The van der Waals surface area contributed by atoms with Gasteiger partial charge in [-0.3, -0.25) is 4.79 Å². The number of nitrogens with one attached hydrogen (secondary N) is 1. The minimum Gasteiger partial charge on any atom is -0.493 e. The highest BCUT2D eigenvalue weighted by atomic mass is 16.5. The van der Waals surface area contributed by atoms with E-state index in [2.05, 4.69) is 24.4 Å². The van der Waals surface area contributed by atoms with Crippen molar-refractivity contribution in [1.29, 1.82) is 0 Å². The first kappa shape index (κ1) is 19.6. The minimum absolute atomic E-state index is 0.0606. The third-order valence-corrected chi connectivity index (χ3v) is 4.09. The second-order valence-corrected chi connectivity index (χ2v) is 6.01. The molecule has 1 amide bonds. The Balaban J connectivity index is 1.86. The van der Waals surface area contributed by atoms with E-state index in [1.807, 2.05) is 42.5 Å². The lowest BCUT2D eigenvalue weighted by molar-refractivity contribution is 0.0954. The van der Waals surface area contributed by atoms with Crippen molar-refractivity contribution in [3.63, 3.8) is 0 Å². The quantitative estimate of drug-likeness (QED) is 0.722. The zero-order valence-electron chi connectivity index (χ0n) is 15.7. The summed E-state index contributed by atoms with van der Waals surface area (Å²) in [5.41, 5.74) is 2.87. The molecule has 1 N–H and O–H groups in total. The van der Waals surface area contributed by atoms with Crippen LogP contribution in [0, 0.1) is 0 Å². The SMILES string of the molecule is CCCC=Cc1ccc(C(=O)NCCc2ccc(OC)c(OC)c2)cc1. The van der Waals surface area contributed by atoms with Crippen molar-refractivity contribution in [2.24, 2.45) is 0 Å². The molecule has 0 aromatic heterocycles. The summed E-state index contributed by atoms with van der Waals surface area (Å²) in [6, 6.07) is 13.4. The van der Waals surface area contributed by atoms with E-state index in [0.29, 0.717) is 23.6 Å². The fourth-order valence-electron chi connectivity index (χ4n) is 2.59. The molecule has 0 saturated heterocycles. The smallest absolute Gasteiger partial charge is 0.251 e. The lowest BCUT2D eigenvalue weighted by Crippen LogP contribution is -2.25. The summed E-state index contributed by atoms with van der Waals surface area (Å²) >= 11 is 0. The molecule has 4 nitrogen and oxygen atoms in total. The number of rotatable bonds is 9. The zero-order valence-corrected chi connectivity index (χ0v) is 15.7. The van der Waals surface area contributed by atoms with Crippen molar-refractivity contribution >= 4 is 12.0 Å². The lowest BCUT2D eigenvalue weighted by Gasteiger charge is -2.10. The van der Waals surface area contributed by atoms with Crippen molar-refractivity contribution in [2.45, 2.75) is 26.2 Å². The Morgan fingerprint density at radius 1 is 1.04 bits per heavy atom. The van der Waals surface area contributed by atoms with Crippen LogP contribution in [0.25, 0.3) is 6.08 Å². The molecule has 0 aliphatic carbocycles. The van der Waals surface area contributed by atoms with Crippen molar-refractivity contribution in [3.05, 3.63) is 65.2 Å². The Labute approximate surface area is 155 Å². The average molecular weight is 353 g/mol. The summed E-state index contributed by atoms with van der Waals surface area (Å²) in [6.07, 6.45) is 7.17. The molecule has 2 aromatic rings. The summed E-state index contributed by atoms with van der Waals surface area (Å²) in [6.45, 7) is 2.71. The topological polar surface area (TPSA) is 47.6 Å². The molecule has 0 bridgehead atoms. The largest absolute Gasteiger partial charge is 0.493 e. The van der Waals surface area contributed by atoms with Crippen LogP contribution in [-0.4, -0.2) is 26.7 Å². The van der Waals surface area contributed by atoms with Gasteiger partial charge in [0.2, 0.25) is 0 Å². The van der Waals surface area contributed by atoms with Gasteiger partial charge in [0.05, 0.1) is 14.2 Å². The first-order valence-electron chi connectivity index (χ1n) is 8.93. The number of benzene rings is 2. The van der Waals surface area contributed by atoms with E-state index in [4.69, 9.17) is 9.47 Å². The zero-order chi connectivity index (χ0) is 18.8. The van der Waals surface area contributed by atoms with Crippen LogP contribution in [0.5, 0.6) is 11.5 Å². The van der Waals surface area contributed by atoms with E-state index in [0.717, 1.165) is 30.4 Å². The van der Waals surface area contributed by atoms with E-state index in [1.165, 1.54) is 0 Å². The van der Waals surface area contributed by atoms with Gasteiger partial charge in [0.25, 0.3) is 5.91 Å². The molecule has 0 unspecified atom stereocenters. The minimum atomic E-state index is -0.0606. The summed E-state index contributed by atoms with van der Waals surface area (Å²) in [5.74, 6) is 1.34. The fourth-order valence-corrected chi connectivity index (χ4v) is 2.59. The number of hydrogen-bond donors (Lipinski definition) is 1. The van der Waals surface area contributed by atoms with Crippen LogP contribution < -0.4 is 14.8 Å². The summed E-state index contributed by atoms with van der Waals surface area (Å²) in [5, 5.41) is 2.96. The fraction of sp³-hybridized carbons (Fsp3) is 0.318. The Morgan fingerprint density at radius 2 is 1.77 bits per heavy atom. The van der Waals surface area contributed by atoms with E-state index in [-0.39, 0.29) is 5.91 Å². The number of carbonyl (C=O) groups is 1. The van der Waals surface area contributed by atoms with Crippen LogP contribution in [-0.2, 0) is 6.42 Å². The third-order valence-electron chi connectivity index (χ3n) is 4.09. The van der Waals surface area contributed by atoms with Gasteiger partial charge in [-0.2, -0.15) is 0 Å². The average Bonchev–Trinajstić information content (AvgIpc) is 2.68. The normalized spacial score (nSPS) is 10.7. The highest BCUT2D eigenvalue weighted by Gasteiger charge is 2.07. The van der Waals surface area contributed by atoms with Gasteiger partial charge in [-0.15, -0.1) is 0 Å². The maximum absolute atomic E-state index is 12.3. The van der Waals surface area contributed by atoms with Gasteiger partial charge in [-0.05, 0) is 48.2 Å². The van der Waals surface area contributed by atoms with Gasteiger partial charge < -0.3 is 14.8 Å². The van der Waals surface area contributed by atoms with Crippen LogP contribution in [0.1, 0.15) is 41.3 Å². The van der Waals surface area contributed by atoms with Gasteiger partial charge in [-0.25, -0.2) is 0 Å². The van der Waals surface area contributed by atoms with Crippen LogP contribution >= 0.6 is 0 Å². The first-order valence-corrected chi connectivity index (χ1v) is 8.93. The van der Waals surface area contributed by atoms with E-state index in [1.54, 1.807) is 14.2 Å². The molecule has 2 rings (SSSR count). The number of amides is 1. The predicted molar refractivity (Wildman–Crippen MR) is 106 cm³/mol. The molecule has 0 fully saturated rings. The summed E-state index contributed by atoms with van der Waals surface area (Å²) in [7, 11) is 3.23. The molecule has 138 valence electrons. The standard InChI is InChI=1S/C22H27NO3/c1-4-5-6-7-17-8-11-19(12-9-17)22(24)23-15-14-18-10-13-20(25-2)21(16-18)26-3/h6-13,16H,4-5,14-15H2,1-3H3,(H,23,24). The molecule has 0 radical (unpaired) electrons. The van der Waals surface area contributed by atoms with Gasteiger partial charge in [0.15, 0.2) is 11.5 Å². The summed E-state index contributed by atoms with van der Waals surface area (Å²) in [4.78, 5) is 12.3. The second-order valence-electron chi connectivity index (χ2n) is 6.01. The molecule has 4 heteroatoms. The Hall–Kier alpha value is -2.75. The Bertz CT molecular complexity index is 736. The van der Waals surface area contributed by atoms with E-state index in [9.17, 15) is 4.79 Å². The van der Waals surface area contributed by atoms with Gasteiger partial charge in [0, 0.05) is 12.1 Å². The lowest BCUT2D eigenvalue weighted by atomic mass is 10.1. The number of ether oxygens (including phenoxy) is 2. The number of unbranched alkanes of at least 4 members (excludes halogenated alkanes) is 1. The molecule has 0 atom stereocenters. The van der Waals surface area contributed by atoms with Crippen molar-refractivity contribution in [1.82, 2.24) is 5.32 Å². The first-order chi connectivity index (χ1) is 12.7. The Morgan fingerprint density at radius 3 is 2.42 bits per heavy atom. The third kappa shape index (κ3) is 5.66. The van der Waals surface area contributed by atoms with E-state index < -0.39 is 0 Å². The van der Waals surface area contributed by atoms with Gasteiger partial charge in [0.1, 0.15) is 0 Å². The molecule has 26 heavy (non-hydrogen) atoms. The van der Waals surface area contributed by atoms with Crippen LogP contribution in [0.2, 0.25) is 0 Å². The Kier molecular flexibility index (Phi) is 7.75. The van der Waals surface area contributed by atoms with Gasteiger partial charge in [-0.1, -0.05) is 43.7 Å². The second kappa shape index (κ2) is 10.3. The maximum atomic E-state index is 12.3. The predicted octanol–water partition coefficient (Wildman–Crippen LogP) is 4.49. The highest BCUT2D eigenvalue weighted by molar-refractivity contribution is 5.94. The van der Waals surface area contributed by atoms with Crippen molar-refractivity contribution in [3.8, 4) is 11.5 Å². The summed E-state index contributed by atoms with van der Waals surface area (Å²) < 4.78 is 10.5. The molecule has 0 saturated carbocycles. The number of carbonyl (C=O) groups excluding carboxylic acids is 1. The van der Waals surface area contributed by atoms with Crippen LogP contribution in [0.15, 0.2) is 48.5 Å². The molecule has 0 heterocycles. The molecular weight excluding hydrogens is 326 g/mol. The molecule has 0 aliphatic heterocycles. The van der Waals surface area contributed by atoms with E-state index >= 15 is 0 Å². The molecule has 0 spiro atoms. The molecular formula is C22H27NO3. The maximum Gasteiger partial charge on any atom is 0.251 e. The van der Waals surface area contributed by atoms with Crippen molar-refractivity contribution < 1.29 is 14.3 Å². The van der Waals surface area contributed by atoms with Crippen LogP contribution in [0.4, 0.5) is 0 Å². The highest BCUT2D eigenvalue weighted by Crippen LogP contribution is 2.27. The number of methoxy groups -OCH3 is 2. The molecule has 2 aromatic carbocycles. The van der Waals surface area contributed by atoms with Crippen LogP contribution in [0.3, 0.4) is 0 Å². The monoisotopic (exact) mass is 353 g/mol.